The molecule has 0 radical (unpaired) electrons. The van der Waals surface area contributed by atoms with Crippen molar-refractivity contribution in [1.82, 2.24) is 9.88 Å². The topological polar surface area (TPSA) is 79.7 Å². The predicted octanol–water partition coefficient (Wildman–Crippen LogP) is 1.29. The minimum absolute atomic E-state index is 0.0389. The van der Waals surface area contributed by atoms with Crippen molar-refractivity contribution < 1.29 is 19.4 Å². The number of amides is 1. The van der Waals surface area contributed by atoms with E-state index in [9.17, 15) is 9.59 Å². The second-order valence-electron chi connectivity index (χ2n) is 3.44. The van der Waals surface area contributed by atoms with Gasteiger partial charge in [0.25, 0.3) is 0 Å². The Morgan fingerprint density at radius 2 is 2.28 bits per heavy atom. The highest BCUT2D eigenvalue weighted by molar-refractivity contribution is 5.76. The zero-order valence-electron chi connectivity index (χ0n) is 9.78. The predicted molar refractivity (Wildman–Crippen MR) is 63.8 cm³/mol. The van der Waals surface area contributed by atoms with Crippen LogP contribution in [0.15, 0.2) is 37.1 Å². The first-order valence-electron chi connectivity index (χ1n) is 5.27. The van der Waals surface area contributed by atoms with Crippen molar-refractivity contribution in [3.05, 3.63) is 42.7 Å². The van der Waals surface area contributed by atoms with E-state index < -0.39 is 18.6 Å². The van der Waals surface area contributed by atoms with Gasteiger partial charge >= 0.3 is 12.1 Å². The molecule has 18 heavy (non-hydrogen) atoms. The van der Waals surface area contributed by atoms with E-state index in [2.05, 4.69) is 11.6 Å². The average Bonchev–Trinajstić information content (AvgIpc) is 2.36. The van der Waals surface area contributed by atoms with E-state index in [4.69, 9.17) is 9.84 Å². The number of aromatic nitrogens is 1. The van der Waals surface area contributed by atoms with E-state index in [-0.39, 0.29) is 13.2 Å². The fourth-order valence-electron chi connectivity index (χ4n) is 1.26. The summed E-state index contributed by atoms with van der Waals surface area (Å²) in [6, 6.07) is 5.20. The highest BCUT2D eigenvalue weighted by Crippen LogP contribution is 2.03. The first-order chi connectivity index (χ1) is 8.63. The molecule has 0 aliphatic carbocycles. The second-order valence-corrected chi connectivity index (χ2v) is 3.44. The van der Waals surface area contributed by atoms with Gasteiger partial charge in [0.05, 0.1) is 12.2 Å². The maximum atomic E-state index is 11.6. The van der Waals surface area contributed by atoms with Gasteiger partial charge in [-0.05, 0) is 12.1 Å². The standard InChI is InChI=1S/C12H14N2O4/c1-2-7-18-12(17)14(9-11(15)16)8-10-5-3-4-6-13-10/h2-6H,1,7-9H2,(H,15,16). The molecule has 6 nitrogen and oxygen atoms in total. The van der Waals surface area contributed by atoms with Crippen molar-refractivity contribution in [1.29, 1.82) is 0 Å². The van der Waals surface area contributed by atoms with E-state index in [1.165, 1.54) is 6.08 Å². The summed E-state index contributed by atoms with van der Waals surface area (Å²) >= 11 is 0. The first-order valence-corrected chi connectivity index (χ1v) is 5.27. The molecule has 0 saturated carbocycles. The molecule has 0 saturated heterocycles. The minimum Gasteiger partial charge on any atom is -0.480 e. The Labute approximate surface area is 105 Å². The van der Waals surface area contributed by atoms with Crippen molar-refractivity contribution in [2.75, 3.05) is 13.2 Å². The molecule has 0 fully saturated rings. The Morgan fingerprint density at radius 1 is 1.50 bits per heavy atom. The van der Waals surface area contributed by atoms with Gasteiger partial charge in [0.1, 0.15) is 13.2 Å². The molecule has 0 atom stereocenters. The molecule has 0 unspecified atom stereocenters. The quantitative estimate of drug-likeness (QED) is 0.769. The van der Waals surface area contributed by atoms with Crippen LogP contribution in [0, 0.1) is 0 Å². The molecule has 1 heterocycles. The molecule has 1 amide bonds. The van der Waals surface area contributed by atoms with Crippen molar-refractivity contribution in [3.63, 3.8) is 0 Å². The highest BCUT2D eigenvalue weighted by atomic mass is 16.6. The van der Waals surface area contributed by atoms with Gasteiger partial charge in [0.2, 0.25) is 0 Å². The molecule has 1 N–H and O–H groups in total. The van der Waals surface area contributed by atoms with Gasteiger partial charge in [-0.2, -0.15) is 0 Å². The molecule has 6 heteroatoms. The lowest BCUT2D eigenvalue weighted by atomic mass is 10.3. The van der Waals surface area contributed by atoms with Crippen LogP contribution in [0.5, 0.6) is 0 Å². The van der Waals surface area contributed by atoms with Gasteiger partial charge in [0.15, 0.2) is 0 Å². The third-order valence-electron chi connectivity index (χ3n) is 1.99. The molecule has 0 aliphatic rings. The van der Waals surface area contributed by atoms with Crippen LogP contribution in [-0.4, -0.2) is 40.2 Å². The molecule has 1 aromatic heterocycles. The minimum atomic E-state index is -1.11. The summed E-state index contributed by atoms with van der Waals surface area (Å²) in [6.07, 6.45) is 2.28. The van der Waals surface area contributed by atoms with Gasteiger partial charge in [-0.1, -0.05) is 18.7 Å². The van der Waals surface area contributed by atoms with Crippen LogP contribution in [0.2, 0.25) is 0 Å². The number of hydrogen-bond acceptors (Lipinski definition) is 4. The molecule has 96 valence electrons. The molecular formula is C12H14N2O4. The van der Waals surface area contributed by atoms with E-state index in [1.807, 2.05) is 0 Å². The number of carbonyl (C=O) groups is 2. The van der Waals surface area contributed by atoms with E-state index >= 15 is 0 Å². The first kappa shape index (κ1) is 13.7. The lowest BCUT2D eigenvalue weighted by molar-refractivity contribution is -0.138. The fraction of sp³-hybridized carbons (Fsp3) is 0.250. The highest BCUT2D eigenvalue weighted by Gasteiger charge is 2.18. The second kappa shape index (κ2) is 7.05. The number of aliphatic carboxylic acids is 1. The zero-order chi connectivity index (χ0) is 13.4. The van der Waals surface area contributed by atoms with Crippen molar-refractivity contribution in [3.8, 4) is 0 Å². The number of hydrogen-bond donors (Lipinski definition) is 1. The van der Waals surface area contributed by atoms with Crippen LogP contribution < -0.4 is 0 Å². The Morgan fingerprint density at radius 3 is 2.83 bits per heavy atom. The fourth-order valence-corrected chi connectivity index (χ4v) is 1.26. The van der Waals surface area contributed by atoms with Crippen LogP contribution in [0.1, 0.15) is 5.69 Å². The zero-order valence-corrected chi connectivity index (χ0v) is 9.78. The lowest BCUT2D eigenvalue weighted by Gasteiger charge is -2.19. The third kappa shape index (κ3) is 4.65. The van der Waals surface area contributed by atoms with Gasteiger partial charge in [0, 0.05) is 6.20 Å². The van der Waals surface area contributed by atoms with Crippen LogP contribution in [0.25, 0.3) is 0 Å². The van der Waals surface area contributed by atoms with Crippen LogP contribution in [0.3, 0.4) is 0 Å². The number of pyridine rings is 1. The number of nitrogens with zero attached hydrogens (tertiary/aromatic N) is 2. The van der Waals surface area contributed by atoms with Gasteiger partial charge < -0.3 is 9.84 Å². The normalized spacial score (nSPS) is 9.56. The van der Waals surface area contributed by atoms with Crippen molar-refractivity contribution >= 4 is 12.1 Å². The maximum absolute atomic E-state index is 11.6. The smallest absolute Gasteiger partial charge is 0.410 e. The van der Waals surface area contributed by atoms with Crippen molar-refractivity contribution in [2.45, 2.75) is 6.54 Å². The van der Waals surface area contributed by atoms with E-state index in [1.54, 1.807) is 24.4 Å². The number of ether oxygens (including phenoxy) is 1. The number of carboxylic acid groups (broad SMARTS) is 1. The molecule has 1 aromatic rings. The van der Waals surface area contributed by atoms with Gasteiger partial charge in [-0.3, -0.25) is 14.7 Å². The molecule has 0 aromatic carbocycles. The third-order valence-corrected chi connectivity index (χ3v) is 1.99. The number of carboxylic acids is 1. The average molecular weight is 250 g/mol. The monoisotopic (exact) mass is 250 g/mol. The summed E-state index contributed by atoms with van der Waals surface area (Å²) < 4.78 is 4.80. The largest absolute Gasteiger partial charge is 0.480 e. The molecular weight excluding hydrogens is 236 g/mol. The Hall–Kier alpha value is -2.37. The Balaban J connectivity index is 2.68. The van der Waals surface area contributed by atoms with Crippen LogP contribution >= 0.6 is 0 Å². The Kier molecular flexibility index (Phi) is 5.37. The van der Waals surface area contributed by atoms with Crippen molar-refractivity contribution in [2.24, 2.45) is 0 Å². The SMILES string of the molecule is C=CCOC(=O)N(CC(=O)O)Cc1ccccn1. The van der Waals surface area contributed by atoms with E-state index in [0.29, 0.717) is 5.69 Å². The number of rotatable bonds is 6. The number of carbonyl (C=O) groups excluding carboxylic acids is 1. The van der Waals surface area contributed by atoms with Gasteiger partial charge in [-0.25, -0.2) is 4.79 Å². The molecule has 0 bridgehead atoms. The summed E-state index contributed by atoms with van der Waals surface area (Å²) in [4.78, 5) is 27.4. The molecule has 0 aliphatic heterocycles. The molecule has 1 rings (SSSR count). The summed E-state index contributed by atoms with van der Waals surface area (Å²) in [5.74, 6) is -1.11. The van der Waals surface area contributed by atoms with Crippen LogP contribution in [0.4, 0.5) is 4.79 Å². The molecule has 0 spiro atoms. The Bertz CT molecular complexity index is 419. The summed E-state index contributed by atoms with van der Waals surface area (Å²) in [6.45, 7) is 3.10. The van der Waals surface area contributed by atoms with Crippen LogP contribution in [-0.2, 0) is 16.1 Å². The van der Waals surface area contributed by atoms with E-state index in [0.717, 1.165) is 4.90 Å². The lowest BCUT2D eigenvalue weighted by Crippen LogP contribution is -2.35. The summed E-state index contributed by atoms with van der Waals surface area (Å²) in [7, 11) is 0. The maximum Gasteiger partial charge on any atom is 0.410 e. The summed E-state index contributed by atoms with van der Waals surface area (Å²) in [5, 5.41) is 8.75. The van der Waals surface area contributed by atoms with Gasteiger partial charge in [-0.15, -0.1) is 0 Å². The summed E-state index contributed by atoms with van der Waals surface area (Å²) in [5.41, 5.74) is 0.592.